The molecule has 0 bridgehead atoms. The summed E-state index contributed by atoms with van der Waals surface area (Å²) in [5.41, 5.74) is 1.54. The van der Waals surface area contributed by atoms with E-state index in [9.17, 15) is 13.2 Å². The Hall–Kier alpha value is -2.46. The zero-order valence-electron chi connectivity index (χ0n) is 18.2. The predicted octanol–water partition coefficient (Wildman–Crippen LogP) is 1.29. The monoisotopic (exact) mass is 434 g/mol. The molecule has 10 heteroatoms. The normalized spacial score (nSPS) is 15.6. The van der Waals surface area contributed by atoms with Crippen molar-refractivity contribution in [1.29, 1.82) is 0 Å². The van der Waals surface area contributed by atoms with E-state index in [-0.39, 0.29) is 11.8 Å². The van der Waals surface area contributed by atoms with Crippen LogP contribution >= 0.6 is 0 Å². The molecular formula is C20H30N6O3S. The summed E-state index contributed by atoms with van der Waals surface area (Å²) < 4.78 is 28.3. The number of amides is 1. The molecule has 1 atom stereocenters. The first kappa shape index (κ1) is 22.2. The number of hydrogen-bond donors (Lipinski definition) is 1. The minimum atomic E-state index is -3.40. The number of para-hydroxylation sites is 1. The lowest BCUT2D eigenvalue weighted by Crippen LogP contribution is -2.35. The van der Waals surface area contributed by atoms with Crippen LogP contribution < -0.4 is 9.62 Å². The molecule has 1 amide bonds. The van der Waals surface area contributed by atoms with Gasteiger partial charge in [-0.05, 0) is 18.1 Å². The first-order chi connectivity index (χ1) is 14.1. The van der Waals surface area contributed by atoms with Gasteiger partial charge in [-0.25, -0.2) is 13.1 Å². The summed E-state index contributed by atoms with van der Waals surface area (Å²) in [6.07, 6.45) is 1.71. The van der Waals surface area contributed by atoms with E-state index >= 15 is 0 Å². The predicted molar refractivity (Wildman–Crippen MR) is 116 cm³/mol. The highest BCUT2D eigenvalue weighted by molar-refractivity contribution is 7.88. The van der Waals surface area contributed by atoms with Gasteiger partial charge < -0.3 is 14.4 Å². The number of nitrogens with zero attached hydrogens (tertiary/aromatic N) is 5. The van der Waals surface area contributed by atoms with Gasteiger partial charge in [-0.2, -0.15) is 0 Å². The van der Waals surface area contributed by atoms with E-state index in [2.05, 4.69) is 14.9 Å². The maximum atomic E-state index is 13.2. The van der Waals surface area contributed by atoms with Crippen molar-refractivity contribution < 1.29 is 13.2 Å². The highest BCUT2D eigenvalue weighted by Crippen LogP contribution is 2.25. The van der Waals surface area contributed by atoms with Crippen LogP contribution in [-0.4, -0.2) is 67.4 Å². The number of nitrogens with one attached hydrogen (secondary N) is 1. The Balaban J connectivity index is 1.84. The lowest BCUT2D eigenvalue weighted by Gasteiger charge is -2.24. The molecule has 0 spiro atoms. The van der Waals surface area contributed by atoms with E-state index in [0.29, 0.717) is 37.4 Å². The zero-order valence-corrected chi connectivity index (χ0v) is 19.0. The van der Waals surface area contributed by atoms with Gasteiger partial charge in [-0.15, -0.1) is 10.2 Å². The summed E-state index contributed by atoms with van der Waals surface area (Å²) >= 11 is 0. The first-order valence-corrected chi connectivity index (χ1v) is 11.9. The lowest BCUT2D eigenvalue weighted by molar-refractivity contribution is 0.0759. The Morgan fingerprint density at radius 2 is 1.83 bits per heavy atom. The fourth-order valence-corrected chi connectivity index (χ4v) is 4.55. The van der Waals surface area contributed by atoms with Crippen molar-refractivity contribution in [2.24, 2.45) is 5.92 Å². The fraction of sp³-hybridized carbons (Fsp3) is 0.550. The molecular weight excluding hydrogens is 404 g/mol. The second kappa shape index (κ2) is 8.73. The van der Waals surface area contributed by atoms with Crippen LogP contribution in [0, 0.1) is 5.92 Å². The van der Waals surface area contributed by atoms with Crippen molar-refractivity contribution in [3.05, 3.63) is 41.5 Å². The van der Waals surface area contributed by atoms with Crippen LogP contribution in [-0.2, 0) is 23.0 Å². The third-order valence-corrected chi connectivity index (χ3v) is 5.93. The van der Waals surface area contributed by atoms with E-state index in [1.807, 2.05) is 66.6 Å². The standard InChI is InChI=1S/C20H30N6O3S/c1-14(2)18(23-30(5,28)29)19-22-21-17-10-11-25(12-13-26(17)19)20(27)15-8-6-7-9-16(15)24(3)4/h6-9,14,18,23H,10-13H2,1-5H3. The number of fused-ring (bicyclic) bond motifs is 1. The molecule has 3 rings (SSSR count). The molecule has 0 fully saturated rings. The SMILES string of the molecule is CC(C)C(NS(C)(=O)=O)c1nnc2n1CCN(C(=O)c1ccccc1N(C)C)CC2. The van der Waals surface area contributed by atoms with Crippen molar-refractivity contribution in [3.63, 3.8) is 0 Å². The van der Waals surface area contributed by atoms with Gasteiger partial charge in [0.05, 0.1) is 17.9 Å². The molecule has 1 aliphatic rings. The fourth-order valence-electron chi connectivity index (χ4n) is 3.71. The molecule has 0 radical (unpaired) electrons. The Morgan fingerprint density at radius 1 is 1.13 bits per heavy atom. The van der Waals surface area contributed by atoms with Crippen LogP contribution in [0.3, 0.4) is 0 Å². The number of aromatic nitrogens is 3. The van der Waals surface area contributed by atoms with Gasteiger partial charge in [0.15, 0.2) is 5.82 Å². The van der Waals surface area contributed by atoms with E-state index in [4.69, 9.17) is 0 Å². The largest absolute Gasteiger partial charge is 0.377 e. The molecule has 0 aliphatic carbocycles. The molecule has 0 saturated heterocycles. The number of hydrogen-bond acceptors (Lipinski definition) is 6. The van der Waals surface area contributed by atoms with Crippen molar-refractivity contribution in [1.82, 2.24) is 24.4 Å². The number of rotatable bonds is 6. The Bertz CT molecular complexity index is 1020. The van der Waals surface area contributed by atoms with Gasteiger partial charge in [0, 0.05) is 45.8 Å². The highest BCUT2D eigenvalue weighted by atomic mass is 32.2. The van der Waals surface area contributed by atoms with Crippen LogP contribution in [0.1, 0.15) is 41.9 Å². The van der Waals surface area contributed by atoms with Crippen LogP contribution in [0.25, 0.3) is 0 Å². The number of benzene rings is 1. The van der Waals surface area contributed by atoms with Gasteiger partial charge in [-0.3, -0.25) is 4.79 Å². The summed E-state index contributed by atoms with van der Waals surface area (Å²) in [6.45, 7) is 5.43. The van der Waals surface area contributed by atoms with Crippen LogP contribution in [0.4, 0.5) is 5.69 Å². The molecule has 1 N–H and O–H groups in total. The van der Waals surface area contributed by atoms with Crippen molar-refractivity contribution in [2.45, 2.75) is 32.9 Å². The minimum absolute atomic E-state index is 0.000909. The smallest absolute Gasteiger partial charge is 0.256 e. The molecule has 0 saturated carbocycles. The van der Waals surface area contributed by atoms with E-state index in [0.717, 1.165) is 17.8 Å². The van der Waals surface area contributed by atoms with Gasteiger partial charge in [0.2, 0.25) is 10.0 Å². The molecule has 30 heavy (non-hydrogen) atoms. The maximum Gasteiger partial charge on any atom is 0.256 e. The highest BCUT2D eigenvalue weighted by Gasteiger charge is 2.29. The molecule has 1 aliphatic heterocycles. The van der Waals surface area contributed by atoms with Crippen molar-refractivity contribution in [3.8, 4) is 0 Å². The Morgan fingerprint density at radius 3 is 2.47 bits per heavy atom. The zero-order chi connectivity index (χ0) is 22.1. The van der Waals surface area contributed by atoms with Crippen molar-refractivity contribution >= 4 is 21.6 Å². The molecule has 1 unspecified atom stereocenters. The summed E-state index contributed by atoms with van der Waals surface area (Å²) in [7, 11) is 0.436. The molecule has 2 heterocycles. The van der Waals surface area contributed by atoms with E-state index in [1.165, 1.54) is 0 Å². The number of sulfonamides is 1. The number of carbonyl (C=O) groups excluding carboxylic acids is 1. The topological polar surface area (TPSA) is 100 Å². The molecule has 9 nitrogen and oxygen atoms in total. The second-order valence-electron chi connectivity index (χ2n) is 8.19. The Labute approximate surface area is 178 Å². The molecule has 164 valence electrons. The quantitative estimate of drug-likeness (QED) is 0.735. The van der Waals surface area contributed by atoms with Gasteiger partial charge in [-0.1, -0.05) is 26.0 Å². The molecule has 2 aromatic rings. The second-order valence-corrected chi connectivity index (χ2v) is 9.97. The summed E-state index contributed by atoms with van der Waals surface area (Å²) in [4.78, 5) is 17.0. The number of carbonyl (C=O) groups is 1. The first-order valence-electron chi connectivity index (χ1n) is 10.0. The average molecular weight is 435 g/mol. The van der Waals surface area contributed by atoms with Gasteiger partial charge >= 0.3 is 0 Å². The summed E-state index contributed by atoms with van der Waals surface area (Å²) in [5, 5.41) is 8.58. The number of anilines is 1. The lowest BCUT2D eigenvalue weighted by atomic mass is 10.1. The van der Waals surface area contributed by atoms with Crippen LogP contribution in [0.2, 0.25) is 0 Å². The molecule has 1 aromatic carbocycles. The van der Waals surface area contributed by atoms with E-state index < -0.39 is 16.1 Å². The minimum Gasteiger partial charge on any atom is -0.377 e. The summed E-state index contributed by atoms with van der Waals surface area (Å²) in [6, 6.07) is 7.09. The van der Waals surface area contributed by atoms with Crippen molar-refractivity contribution in [2.75, 3.05) is 38.3 Å². The van der Waals surface area contributed by atoms with Crippen LogP contribution in [0.5, 0.6) is 0 Å². The summed E-state index contributed by atoms with van der Waals surface area (Å²) in [5.74, 6) is 1.34. The average Bonchev–Trinajstić information content (AvgIpc) is 2.95. The van der Waals surface area contributed by atoms with E-state index in [1.54, 1.807) is 0 Å². The van der Waals surface area contributed by atoms with Gasteiger partial charge in [0.1, 0.15) is 5.82 Å². The maximum absolute atomic E-state index is 13.2. The Kier molecular flexibility index (Phi) is 6.47. The van der Waals surface area contributed by atoms with Crippen LogP contribution in [0.15, 0.2) is 24.3 Å². The third-order valence-electron chi connectivity index (χ3n) is 5.24. The molecule has 1 aromatic heterocycles. The van der Waals surface area contributed by atoms with Gasteiger partial charge in [0.25, 0.3) is 5.91 Å². The third kappa shape index (κ3) is 4.81.